The van der Waals surface area contributed by atoms with Crippen molar-refractivity contribution in [1.29, 1.82) is 0 Å². The van der Waals surface area contributed by atoms with Gasteiger partial charge in [0.1, 0.15) is 12.2 Å². The maximum absolute atomic E-state index is 12.9. The molecule has 0 saturated carbocycles. The van der Waals surface area contributed by atoms with Gasteiger partial charge in [-0.15, -0.1) is 0 Å². The Bertz CT molecular complexity index is 539. The van der Waals surface area contributed by atoms with Gasteiger partial charge in [0.05, 0.1) is 12.8 Å². The lowest BCUT2D eigenvalue weighted by Gasteiger charge is -2.16. The molecule has 104 valence electrons. The summed E-state index contributed by atoms with van der Waals surface area (Å²) in [7, 11) is 0. The van der Waals surface area contributed by atoms with Gasteiger partial charge in [0.15, 0.2) is 0 Å². The zero-order valence-corrected chi connectivity index (χ0v) is 10.7. The molecule has 0 saturated heterocycles. The summed E-state index contributed by atoms with van der Waals surface area (Å²) in [6, 6.07) is 7.63. The summed E-state index contributed by atoms with van der Waals surface area (Å²) in [4.78, 5) is 0. The van der Waals surface area contributed by atoms with Gasteiger partial charge in [0.2, 0.25) is 0 Å². The topological polar surface area (TPSA) is 45.4 Å². The van der Waals surface area contributed by atoms with Crippen molar-refractivity contribution in [3.8, 4) is 0 Å². The number of para-hydroxylation sites is 1. The van der Waals surface area contributed by atoms with Crippen LogP contribution in [0, 0.1) is 0 Å². The van der Waals surface area contributed by atoms with Crippen LogP contribution in [-0.4, -0.2) is 30.7 Å². The van der Waals surface area contributed by atoms with Gasteiger partial charge in [-0.1, -0.05) is 25.1 Å². The highest BCUT2D eigenvalue weighted by Crippen LogP contribution is 2.27. The molecule has 0 aliphatic heterocycles. The molecule has 0 radical (unpaired) electrons. The minimum absolute atomic E-state index is 0.0538. The highest BCUT2D eigenvalue weighted by atomic mass is 19.3. The second kappa shape index (κ2) is 5.67. The molecular weight excluding hydrogens is 252 g/mol. The first-order valence-corrected chi connectivity index (χ1v) is 6.19. The number of nitrogens with one attached hydrogen (secondary N) is 1. The molecule has 2 N–H and O–H groups in total. The highest BCUT2D eigenvalue weighted by Gasteiger charge is 2.27. The Kier molecular flexibility index (Phi) is 4.17. The van der Waals surface area contributed by atoms with E-state index in [1.54, 1.807) is 6.26 Å². The van der Waals surface area contributed by atoms with Crippen LogP contribution in [0.4, 0.5) is 8.78 Å². The summed E-state index contributed by atoms with van der Waals surface area (Å²) in [5.74, 6) is -3.02. The first-order valence-electron chi connectivity index (χ1n) is 6.19. The minimum Gasteiger partial charge on any atom is -0.464 e. The van der Waals surface area contributed by atoms with Crippen LogP contribution < -0.4 is 5.32 Å². The fourth-order valence-corrected chi connectivity index (χ4v) is 2.02. The van der Waals surface area contributed by atoms with Gasteiger partial charge in [0, 0.05) is 17.5 Å². The number of hydrogen-bond acceptors (Lipinski definition) is 3. The number of rotatable bonds is 6. The van der Waals surface area contributed by atoms with E-state index >= 15 is 0 Å². The average Bonchev–Trinajstić information content (AvgIpc) is 2.82. The Hall–Kier alpha value is -1.46. The summed E-state index contributed by atoms with van der Waals surface area (Å²) in [5.41, 5.74) is 1.79. The molecule has 0 aliphatic rings. The van der Waals surface area contributed by atoms with E-state index < -0.39 is 19.1 Å². The van der Waals surface area contributed by atoms with Crippen LogP contribution in [0.25, 0.3) is 11.0 Å². The van der Waals surface area contributed by atoms with E-state index in [-0.39, 0.29) is 5.92 Å². The van der Waals surface area contributed by atoms with Crippen molar-refractivity contribution in [2.24, 2.45) is 0 Å². The number of fused-ring (bicyclic) bond motifs is 1. The first kappa shape index (κ1) is 14.0. The second-order valence-corrected chi connectivity index (χ2v) is 4.73. The van der Waals surface area contributed by atoms with Crippen molar-refractivity contribution in [1.82, 2.24) is 5.32 Å². The normalized spacial score (nSPS) is 13.9. The molecule has 1 heterocycles. The molecule has 0 unspecified atom stereocenters. The average molecular weight is 269 g/mol. The van der Waals surface area contributed by atoms with Crippen molar-refractivity contribution in [3.05, 3.63) is 36.1 Å². The molecule has 0 fully saturated rings. The van der Waals surface area contributed by atoms with Gasteiger partial charge in [0.25, 0.3) is 5.92 Å². The van der Waals surface area contributed by atoms with Gasteiger partial charge in [-0.05, 0) is 12.0 Å². The summed E-state index contributed by atoms with van der Waals surface area (Å²) < 4.78 is 31.2. The molecule has 0 aliphatic carbocycles. The molecule has 1 aromatic heterocycles. The van der Waals surface area contributed by atoms with Gasteiger partial charge < -0.3 is 14.8 Å². The number of aliphatic hydroxyl groups excluding tert-OH is 1. The van der Waals surface area contributed by atoms with E-state index in [2.05, 4.69) is 5.32 Å². The van der Waals surface area contributed by atoms with Gasteiger partial charge in [-0.25, -0.2) is 8.78 Å². The van der Waals surface area contributed by atoms with Crippen LogP contribution in [0.5, 0.6) is 0 Å². The van der Waals surface area contributed by atoms with Crippen LogP contribution >= 0.6 is 0 Å². The third-order valence-electron chi connectivity index (χ3n) is 3.11. The zero-order chi connectivity index (χ0) is 13.9. The minimum atomic E-state index is -3.07. The number of aliphatic hydroxyl groups is 1. The summed E-state index contributed by atoms with van der Waals surface area (Å²) >= 11 is 0. The molecule has 1 atom stereocenters. The molecule has 2 rings (SSSR count). The Morgan fingerprint density at radius 2 is 2.11 bits per heavy atom. The summed E-state index contributed by atoms with van der Waals surface area (Å²) in [6.45, 7) is 0.688. The van der Waals surface area contributed by atoms with Gasteiger partial charge >= 0.3 is 0 Å². The van der Waals surface area contributed by atoms with Crippen molar-refractivity contribution in [2.75, 3.05) is 19.7 Å². The lowest BCUT2D eigenvalue weighted by molar-refractivity contribution is -0.0475. The lowest BCUT2D eigenvalue weighted by Crippen LogP contribution is -2.37. The van der Waals surface area contributed by atoms with E-state index in [0.29, 0.717) is 6.54 Å². The summed E-state index contributed by atoms with van der Waals surface area (Å²) in [5, 5.41) is 12.2. The Morgan fingerprint density at radius 1 is 1.37 bits per heavy atom. The monoisotopic (exact) mass is 269 g/mol. The standard InChI is InChI=1S/C14H17F2NO2/c1-10(6-17-8-14(15,16)9-18)12-7-19-13-5-3-2-4-11(12)13/h2-5,7,10,17-18H,6,8-9H2,1H3/t10-/m1/s1. The molecular formula is C14H17F2NO2. The quantitative estimate of drug-likeness (QED) is 0.847. The van der Waals surface area contributed by atoms with E-state index in [1.165, 1.54) is 0 Å². The molecule has 5 heteroatoms. The Morgan fingerprint density at radius 3 is 2.84 bits per heavy atom. The highest BCUT2D eigenvalue weighted by molar-refractivity contribution is 5.81. The molecule has 2 aromatic rings. The predicted octanol–water partition coefficient (Wildman–Crippen LogP) is 2.75. The molecule has 0 bridgehead atoms. The Labute approximate surface area is 110 Å². The van der Waals surface area contributed by atoms with Crippen molar-refractivity contribution in [3.63, 3.8) is 0 Å². The van der Waals surface area contributed by atoms with Crippen LogP contribution in [0.1, 0.15) is 18.4 Å². The zero-order valence-electron chi connectivity index (χ0n) is 10.7. The van der Waals surface area contributed by atoms with Crippen LogP contribution in [-0.2, 0) is 0 Å². The largest absolute Gasteiger partial charge is 0.464 e. The third-order valence-corrected chi connectivity index (χ3v) is 3.11. The lowest BCUT2D eigenvalue weighted by atomic mass is 10.0. The van der Waals surface area contributed by atoms with E-state index in [0.717, 1.165) is 16.5 Å². The maximum Gasteiger partial charge on any atom is 0.282 e. The molecule has 3 nitrogen and oxygen atoms in total. The SMILES string of the molecule is C[C@H](CNCC(F)(F)CO)c1coc2ccccc12. The molecule has 0 amide bonds. The smallest absolute Gasteiger partial charge is 0.282 e. The number of benzene rings is 1. The van der Waals surface area contributed by atoms with Crippen LogP contribution in [0.3, 0.4) is 0 Å². The van der Waals surface area contributed by atoms with Gasteiger partial charge in [-0.2, -0.15) is 0 Å². The Balaban J connectivity index is 1.98. The van der Waals surface area contributed by atoms with E-state index in [9.17, 15) is 8.78 Å². The number of halogens is 2. The number of hydrogen-bond donors (Lipinski definition) is 2. The fraction of sp³-hybridized carbons (Fsp3) is 0.429. The van der Waals surface area contributed by atoms with Crippen molar-refractivity contribution < 1.29 is 18.3 Å². The van der Waals surface area contributed by atoms with Gasteiger partial charge in [-0.3, -0.25) is 0 Å². The third kappa shape index (κ3) is 3.30. The molecule has 1 aromatic carbocycles. The molecule has 19 heavy (non-hydrogen) atoms. The van der Waals surface area contributed by atoms with Crippen LogP contribution in [0.15, 0.2) is 34.9 Å². The van der Waals surface area contributed by atoms with Crippen molar-refractivity contribution in [2.45, 2.75) is 18.8 Å². The summed E-state index contributed by atoms with van der Waals surface area (Å²) in [6.07, 6.45) is 1.67. The van der Waals surface area contributed by atoms with E-state index in [4.69, 9.17) is 9.52 Å². The second-order valence-electron chi connectivity index (χ2n) is 4.73. The molecule has 0 spiro atoms. The predicted molar refractivity (Wildman–Crippen MR) is 69.5 cm³/mol. The number of alkyl halides is 2. The van der Waals surface area contributed by atoms with Crippen molar-refractivity contribution >= 4 is 11.0 Å². The van der Waals surface area contributed by atoms with E-state index in [1.807, 2.05) is 31.2 Å². The maximum atomic E-state index is 12.9. The first-order chi connectivity index (χ1) is 9.03. The fourth-order valence-electron chi connectivity index (χ4n) is 2.02. The number of furan rings is 1. The van der Waals surface area contributed by atoms with Crippen LogP contribution in [0.2, 0.25) is 0 Å².